The van der Waals surface area contributed by atoms with Crippen LogP contribution < -0.4 is 9.62 Å². The molecule has 0 aromatic heterocycles. The Balaban J connectivity index is 1.72. The number of benzene rings is 3. The molecule has 174 valence electrons. The van der Waals surface area contributed by atoms with Crippen molar-refractivity contribution in [1.29, 1.82) is 0 Å². The van der Waals surface area contributed by atoms with Crippen LogP contribution >= 0.6 is 0 Å². The van der Waals surface area contributed by atoms with Crippen LogP contribution in [0.15, 0.2) is 66.7 Å². The molecule has 0 unspecified atom stereocenters. The van der Waals surface area contributed by atoms with E-state index < -0.39 is 10.0 Å². The molecule has 1 N–H and O–H groups in total. The maximum atomic E-state index is 12.7. The quantitative estimate of drug-likeness (QED) is 0.490. The first-order valence-corrected chi connectivity index (χ1v) is 13.0. The summed E-state index contributed by atoms with van der Waals surface area (Å²) in [5, 5.41) is 3.03. The van der Waals surface area contributed by atoms with Gasteiger partial charge in [-0.3, -0.25) is 9.10 Å². The van der Waals surface area contributed by atoms with Crippen LogP contribution in [0.2, 0.25) is 0 Å². The number of anilines is 1. The third-order valence-corrected chi connectivity index (χ3v) is 7.10. The maximum Gasteiger partial charge on any atom is 0.251 e. The fraction of sp³-hybridized carbons (Fsp3) is 0.296. The average Bonchev–Trinajstić information content (AvgIpc) is 2.79. The zero-order chi connectivity index (χ0) is 24.2. The van der Waals surface area contributed by atoms with Crippen LogP contribution in [-0.2, 0) is 23.0 Å². The fourth-order valence-electron chi connectivity index (χ4n) is 3.61. The second-order valence-corrected chi connectivity index (χ2v) is 10.4. The van der Waals surface area contributed by atoms with Gasteiger partial charge < -0.3 is 5.32 Å². The molecular formula is C27H32N2O3S. The molecule has 0 spiro atoms. The zero-order valence-electron chi connectivity index (χ0n) is 19.9. The number of nitrogens with zero attached hydrogens (tertiary/aromatic N) is 1. The zero-order valence-corrected chi connectivity index (χ0v) is 20.7. The van der Waals surface area contributed by atoms with Gasteiger partial charge in [0.25, 0.3) is 5.91 Å². The maximum absolute atomic E-state index is 12.7. The summed E-state index contributed by atoms with van der Waals surface area (Å²) < 4.78 is 26.3. The lowest BCUT2D eigenvalue weighted by Gasteiger charge is -2.23. The molecule has 0 saturated carbocycles. The van der Waals surface area contributed by atoms with E-state index in [1.165, 1.54) is 16.1 Å². The molecule has 3 rings (SSSR count). The molecule has 3 aromatic rings. The molecule has 0 saturated heterocycles. The average molecular weight is 465 g/mol. The second kappa shape index (κ2) is 10.2. The largest absolute Gasteiger partial charge is 0.346 e. The van der Waals surface area contributed by atoms with Gasteiger partial charge in [-0.25, -0.2) is 8.42 Å². The van der Waals surface area contributed by atoms with E-state index in [1.807, 2.05) is 51.1 Å². The summed E-state index contributed by atoms with van der Waals surface area (Å²) in [7, 11) is -3.47. The van der Waals surface area contributed by atoms with E-state index in [0.29, 0.717) is 11.3 Å². The van der Waals surface area contributed by atoms with Crippen LogP contribution in [0.3, 0.4) is 0 Å². The first-order chi connectivity index (χ1) is 15.6. The normalized spacial score (nSPS) is 12.3. The number of nitrogens with one attached hydrogen (secondary N) is 1. The van der Waals surface area contributed by atoms with Crippen LogP contribution in [0.1, 0.15) is 58.1 Å². The van der Waals surface area contributed by atoms with Gasteiger partial charge in [-0.05, 0) is 79.3 Å². The van der Waals surface area contributed by atoms with Gasteiger partial charge in [-0.2, -0.15) is 0 Å². The molecule has 0 heterocycles. The van der Waals surface area contributed by atoms with Crippen molar-refractivity contribution < 1.29 is 13.2 Å². The van der Waals surface area contributed by atoms with Gasteiger partial charge >= 0.3 is 0 Å². The minimum atomic E-state index is -3.47. The number of aryl methyl sites for hydroxylation is 3. The van der Waals surface area contributed by atoms with Crippen LogP contribution in [0.5, 0.6) is 0 Å². The monoisotopic (exact) mass is 464 g/mol. The Kier molecular flexibility index (Phi) is 7.59. The first kappa shape index (κ1) is 24.5. The van der Waals surface area contributed by atoms with Crippen molar-refractivity contribution in [3.8, 4) is 0 Å². The van der Waals surface area contributed by atoms with E-state index >= 15 is 0 Å². The molecule has 1 atom stereocenters. The molecule has 3 aromatic carbocycles. The predicted molar refractivity (Wildman–Crippen MR) is 135 cm³/mol. The van der Waals surface area contributed by atoms with Crippen molar-refractivity contribution in [3.63, 3.8) is 0 Å². The Morgan fingerprint density at radius 3 is 2.06 bits per heavy atom. The highest BCUT2D eigenvalue weighted by atomic mass is 32.2. The van der Waals surface area contributed by atoms with E-state index in [1.54, 1.807) is 24.3 Å². The van der Waals surface area contributed by atoms with E-state index in [4.69, 9.17) is 0 Å². The summed E-state index contributed by atoms with van der Waals surface area (Å²) in [6.45, 7) is 8.23. The van der Waals surface area contributed by atoms with E-state index in [2.05, 4.69) is 24.4 Å². The summed E-state index contributed by atoms with van der Waals surface area (Å²) in [5.41, 5.74) is 6.42. The molecule has 0 aliphatic heterocycles. The molecule has 1 amide bonds. The van der Waals surface area contributed by atoms with Gasteiger partial charge in [0, 0.05) is 5.56 Å². The fourth-order valence-corrected chi connectivity index (χ4v) is 4.49. The number of hydrogen-bond acceptors (Lipinski definition) is 3. The molecule has 6 heteroatoms. The number of rotatable bonds is 8. The molecule has 0 aliphatic carbocycles. The highest BCUT2D eigenvalue weighted by Crippen LogP contribution is 2.24. The third kappa shape index (κ3) is 6.23. The molecule has 0 fully saturated rings. The summed E-state index contributed by atoms with van der Waals surface area (Å²) in [6, 6.07) is 20.8. The number of carbonyl (C=O) groups is 1. The standard InChI is InChI=1S/C27H32N2O3S/c1-6-22-8-12-24(13-9-22)21(4)28-27(30)25-14-10-23(11-15-25)18-29(33(5,31)32)26-16-7-19(2)20(3)17-26/h7-17,21H,6,18H2,1-5H3,(H,28,30)/t21-/m0/s1. The van der Waals surface area contributed by atoms with Crippen molar-refractivity contribution in [3.05, 3.63) is 100 Å². The van der Waals surface area contributed by atoms with Gasteiger partial charge in [0.15, 0.2) is 0 Å². The number of hydrogen-bond donors (Lipinski definition) is 1. The first-order valence-electron chi connectivity index (χ1n) is 11.1. The van der Waals surface area contributed by atoms with Gasteiger partial charge in [0.1, 0.15) is 0 Å². The second-order valence-electron chi connectivity index (χ2n) is 8.53. The smallest absolute Gasteiger partial charge is 0.251 e. The van der Waals surface area contributed by atoms with Crippen molar-refractivity contribution in [2.24, 2.45) is 0 Å². The van der Waals surface area contributed by atoms with Crippen LogP contribution in [0, 0.1) is 13.8 Å². The summed E-state index contributed by atoms with van der Waals surface area (Å²) in [5.74, 6) is -0.164. The van der Waals surface area contributed by atoms with E-state index in [-0.39, 0.29) is 18.5 Å². The lowest BCUT2D eigenvalue weighted by molar-refractivity contribution is 0.0940. The van der Waals surface area contributed by atoms with Crippen molar-refractivity contribution >= 4 is 21.6 Å². The Bertz CT molecular complexity index is 1220. The predicted octanol–water partition coefficient (Wildman–Crippen LogP) is 5.32. The van der Waals surface area contributed by atoms with Gasteiger partial charge in [0.2, 0.25) is 10.0 Å². The summed E-state index contributed by atoms with van der Waals surface area (Å²) in [6.07, 6.45) is 2.19. The number of amides is 1. The third-order valence-electron chi connectivity index (χ3n) is 5.96. The molecule has 0 aliphatic rings. The molecule has 33 heavy (non-hydrogen) atoms. The molecular weight excluding hydrogens is 432 g/mol. The van der Waals surface area contributed by atoms with Crippen LogP contribution in [0.4, 0.5) is 5.69 Å². The van der Waals surface area contributed by atoms with Gasteiger partial charge in [0.05, 0.1) is 24.5 Å². The van der Waals surface area contributed by atoms with Crippen molar-refractivity contribution in [1.82, 2.24) is 5.32 Å². The lowest BCUT2D eigenvalue weighted by atomic mass is 10.0. The van der Waals surface area contributed by atoms with Crippen molar-refractivity contribution in [2.45, 2.75) is 46.7 Å². The highest BCUT2D eigenvalue weighted by molar-refractivity contribution is 7.92. The summed E-state index contributed by atoms with van der Waals surface area (Å²) >= 11 is 0. The Hall–Kier alpha value is -3.12. The number of carbonyl (C=O) groups excluding carboxylic acids is 1. The molecule has 0 radical (unpaired) electrons. The van der Waals surface area contributed by atoms with Crippen LogP contribution in [-0.4, -0.2) is 20.6 Å². The van der Waals surface area contributed by atoms with Crippen molar-refractivity contribution in [2.75, 3.05) is 10.6 Å². The molecule has 5 nitrogen and oxygen atoms in total. The Morgan fingerprint density at radius 2 is 1.52 bits per heavy atom. The lowest BCUT2D eigenvalue weighted by Crippen LogP contribution is -2.29. The van der Waals surface area contributed by atoms with Crippen LogP contribution in [0.25, 0.3) is 0 Å². The van der Waals surface area contributed by atoms with Gasteiger partial charge in [-0.15, -0.1) is 0 Å². The highest BCUT2D eigenvalue weighted by Gasteiger charge is 2.19. The molecule has 0 bridgehead atoms. The summed E-state index contributed by atoms with van der Waals surface area (Å²) in [4.78, 5) is 12.7. The Morgan fingerprint density at radius 1 is 0.909 bits per heavy atom. The number of sulfonamides is 1. The van der Waals surface area contributed by atoms with E-state index in [0.717, 1.165) is 28.7 Å². The SMILES string of the molecule is CCc1ccc([C@H](C)NC(=O)c2ccc(CN(c3ccc(C)c(C)c3)S(C)(=O)=O)cc2)cc1. The van der Waals surface area contributed by atoms with E-state index in [9.17, 15) is 13.2 Å². The Labute approximate surface area is 197 Å². The minimum absolute atomic E-state index is 0.117. The van der Waals surface area contributed by atoms with Gasteiger partial charge in [-0.1, -0.05) is 49.4 Å². The topological polar surface area (TPSA) is 66.5 Å². The minimum Gasteiger partial charge on any atom is -0.346 e.